The number of nitrogens with zero attached hydrogens (tertiary/aromatic N) is 2. The zero-order chi connectivity index (χ0) is 13.4. The summed E-state index contributed by atoms with van der Waals surface area (Å²) < 4.78 is 5.50. The van der Waals surface area contributed by atoms with Crippen LogP contribution >= 0.6 is 12.2 Å². The van der Waals surface area contributed by atoms with Crippen molar-refractivity contribution >= 4 is 35.9 Å². The van der Waals surface area contributed by atoms with Crippen LogP contribution in [0.25, 0.3) is 11.6 Å². The maximum atomic E-state index is 9.66. The van der Waals surface area contributed by atoms with Crippen molar-refractivity contribution in [2.45, 2.75) is 0 Å². The van der Waals surface area contributed by atoms with E-state index in [-0.39, 0.29) is 5.88 Å². The number of fused-ring (bicyclic) bond motifs is 1. The number of ether oxygens (including phenoxy) is 1. The van der Waals surface area contributed by atoms with Crippen molar-refractivity contribution in [3.63, 3.8) is 0 Å². The summed E-state index contributed by atoms with van der Waals surface area (Å²) in [5, 5.41) is 9.66. The molecule has 2 aromatic heterocycles. The van der Waals surface area contributed by atoms with Crippen molar-refractivity contribution in [1.82, 2.24) is 15.0 Å². The minimum atomic E-state index is -0.00444. The normalized spacial score (nSPS) is 14.9. The van der Waals surface area contributed by atoms with E-state index < -0.39 is 0 Å². The fourth-order valence-corrected chi connectivity index (χ4v) is 2.03. The van der Waals surface area contributed by atoms with Crippen molar-refractivity contribution in [3.8, 4) is 11.6 Å². The summed E-state index contributed by atoms with van der Waals surface area (Å²) in [5.41, 5.74) is 2.17. The summed E-state index contributed by atoms with van der Waals surface area (Å²) >= 11 is 4.91. The van der Waals surface area contributed by atoms with Crippen LogP contribution in [0.4, 0.5) is 5.82 Å². The Morgan fingerprint density at radius 1 is 1.42 bits per heavy atom. The third-order valence-corrected chi connectivity index (χ3v) is 2.95. The lowest BCUT2D eigenvalue weighted by molar-refractivity contribution is 0.413. The second kappa shape index (κ2) is 4.36. The van der Waals surface area contributed by atoms with Crippen LogP contribution in [-0.2, 0) is 0 Å². The quantitative estimate of drug-likeness (QED) is 0.734. The summed E-state index contributed by atoms with van der Waals surface area (Å²) in [5.74, 6) is 1.28. The lowest BCUT2D eigenvalue weighted by Gasteiger charge is -2.02. The number of nitrogens with one attached hydrogen (secondary N) is 2. The third-order valence-electron chi connectivity index (χ3n) is 2.75. The van der Waals surface area contributed by atoms with Crippen LogP contribution in [0.5, 0.6) is 11.6 Å². The van der Waals surface area contributed by atoms with E-state index in [0.717, 1.165) is 11.1 Å². The van der Waals surface area contributed by atoms with Gasteiger partial charge in [-0.1, -0.05) is 0 Å². The molecule has 1 aliphatic heterocycles. The fourth-order valence-electron chi connectivity index (χ4n) is 1.83. The van der Waals surface area contributed by atoms with Gasteiger partial charge in [-0.15, -0.1) is 0 Å². The molecule has 0 saturated carbocycles. The van der Waals surface area contributed by atoms with Crippen LogP contribution in [0, 0.1) is 4.77 Å². The van der Waals surface area contributed by atoms with Crippen molar-refractivity contribution in [3.05, 3.63) is 28.3 Å². The average Bonchev–Trinajstić information content (AvgIpc) is 2.93. The minimum Gasteiger partial charge on any atom is -0.495 e. The number of aliphatic imine (C=N–C) groups is 1. The van der Waals surface area contributed by atoms with Gasteiger partial charge in [-0.25, -0.2) is 9.98 Å². The highest BCUT2D eigenvalue weighted by Crippen LogP contribution is 2.33. The van der Waals surface area contributed by atoms with Crippen molar-refractivity contribution in [1.29, 1.82) is 0 Å². The van der Waals surface area contributed by atoms with Crippen molar-refractivity contribution in [2.24, 2.45) is 4.99 Å². The highest BCUT2D eigenvalue weighted by atomic mass is 32.1. The summed E-state index contributed by atoms with van der Waals surface area (Å²) in [7, 11) is 1.58. The van der Waals surface area contributed by atoms with Crippen LogP contribution in [-0.4, -0.2) is 33.4 Å². The SMILES string of the molecule is COc1cnc2c(c1)C(=Cc1[nH]c(=S)[nH]c1O)C=N2. The number of aromatic nitrogens is 3. The highest BCUT2D eigenvalue weighted by molar-refractivity contribution is 7.71. The third kappa shape index (κ3) is 2.04. The average molecular weight is 274 g/mol. The van der Waals surface area contributed by atoms with Crippen LogP contribution in [0.3, 0.4) is 0 Å². The molecule has 7 heteroatoms. The molecular formula is C12H10N4O2S. The number of aromatic hydroxyl groups is 1. The zero-order valence-electron chi connectivity index (χ0n) is 9.97. The van der Waals surface area contributed by atoms with Gasteiger partial charge < -0.3 is 19.8 Å². The number of methoxy groups -OCH3 is 1. The molecule has 3 heterocycles. The van der Waals surface area contributed by atoms with E-state index in [4.69, 9.17) is 17.0 Å². The molecule has 1 aliphatic rings. The van der Waals surface area contributed by atoms with E-state index in [2.05, 4.69) is 19.9 Å². The number of rotatable bonds is 2. The van der Waals surface area contributed by atoms with Gasteiger partial charge >= 0.3 is 0 Å². The van der Waals surface area contributed by atoms with Gasteiger partial charge in [0.15, 0.2) is 10.6 Å². The van der Waals surface area contributed by atoms with E-state index in [1.807, 2.05) is 6.07 Å². The Morgan fingerprint density at radius 3 is 2.95 bits per heavy atom. The van der Waals surface area contributed by atoms with Crippen LogP contribution in [0.2, 0.25) is 0 Å². The molecule has 0 radical (unpaired) electrons. The van der Waals surface area contributed by atoms with E-state index >= 15 is 0 Å². The van der Waals surface area contributed by atoms with Gasteiger partial charge in [0.2, 0.25) is 5.88 Å². The number of imidazole rings is 1. The second-order valence-electron chi connectivity index (χ2n) is 3.95. The van der Waals surface area contributed by atoms with Gasteiger partial charge in [0, 0.05) is 17.4 Å². The molecule has 96 valence electrons. The van der Waals surface area contributed by atoms with Crippen molar-refractivity contribution in [2.75, 3.05) is 7.11 Å². The van der Waals surface area contributed by atoms with Gasteiger partial charge in [-0.3, -0.25) is 0 Å². The molecule has 19 heavy (non-hydrogen) atoms. The number of aromatic amines is 2. The predicted molar refractivity (Wildman–Crippen MR) is 74.5 cm³/mol. The molecule has 0 saturated heterocycles. The minimum absolute atomic E-state index is 0.00444. The van der Waals surface area contributed by atoms with Crippen molar-refractivity contribution < 1.29 is 9.84 Å². The Balaban J connectivity index is 2.08. The number of pyridine rings is 1. The Bertz CT molecular complexity index is 757. The van der Waals surface area contributed by atoms with E-state index in [0.29, 0.717) is 22.0 Å². The number of hydrogen-bond donors (Lipinski definition) is 3. The van der Waals surface area contributed by atoms with Gasteiger partial charge in [0.1, 0.15) is 11.4 Å². The summed E-state index contributed by atoms with van der Waals surface area (Å²) in [6.45, 7) is 0. The van der Waals surface area contributed by atoms with E-state index in [1.165, 1.54) is 0 Å². The Morgan fingerprint density at radius 2 is 2.26 bits per heavy atom. The second-order valence-corrected chi connectivity index (χ2v) is 4.35. The molecule has 3 rings (SSSR count). The van der Waals surface area contributed by atoms with Crippen LogP contribution < -0.4 is 4.74 Å². The molecule has 0 unspecified atom stereocenters. The fraction of sp³-hybridized carbons (Fsp3) is 0.0833. The Hall–Kier alpha value is -2.41. The highest BCUT2D eigenvalue weighted by Gasteiger charge is 2.15. The summed E-state index contributed by atoms with van der Waals surface area (Å²) in [4.78, 5) is 13.8. The Kier molecular flexibility index (Phi) is 2.68. The molecular weight excluding hydrogens is 264 g/mol. The molecule has 2 aromatic rings. The molecule has 0 aliphatic carbocycles. The van der Waals surface area contributed by atoms with Gasteiger partial charge in [0.05, 0.1) is 13.3 Å². The van der Waals surface area contributed by atoms with Gasteiger partial charge in [0.25, 0.3) is 0 Å². The molecule has 0 spiro atoms. The lowest BCUT2D eigenvalue weighted by Crippen LogP contribution is -1.88. The topological polar surface area (TPSA) is 86.3 Å². The van der Waals surface area contributed by atoms with Gasteiger partial charge in [-0.2, -0.15) is 0 Å². The largest absolute Gasteiger partial charge is 0.495 e. The molecule has 0 aromatic carbocycles. The lowest BCUT2D eigenvalue weighted by atomic mass is 10.1. The van der Waals surface area contributed by atoms with Crippen LogP contribution in [0.15, 0.2) is 17.3 Å². The zero-order valence-corrected chi connectivity index (χ0v) is 10.8. The first-order valence-electron chi connectivity index (χ1n) is 5.49. The molecule has 0 bridgehead atoms. The smallest absolute Gasteiger partial charge is 0.215 e. The number of H-pyrrole nitrogens is 2. The molecule has 0 fully saturated rings. The maximum absolute atomic E-state index is 9.66. The molecule has 3 N–H and O–H groups in total. The maximum Gasteiger partial charge on any atom is 0.215 e. The predicted octanol–water partition coefficient (Wildman–Crippen LogP) is 2.44. The van der Waals surface area contributed by atoms with Crippen LogP contribution in [0.1, 0.15) is 11.3 Å². The molecule has 6 nitrogen and oxygen atoms in total. The molecule has 0 amide bonds. The first kappa shape index (κ1) is 11.7. The van der Waals surface area contributed by atoms with E-state index in [9.17, 15) is 5.11 Å². The Labute approximate surface area is 113 Å². The monoisotopic (exact) mass is 274 g/mol. The standard InChI is InChI=1S/C12H10N4O2S/c1-18-7-3-8-6(4-13-10(8)14-5-7)2-9-11(17)16-12(19)15-9/h2-5,17H,1H3,(H2,15,16,19). The van der Waals surface area contributed by atoms with E-state index in [1.54, 1.807) is 25.6 Å². The summed E-state index contributed by atoms with van der Waals surface area (Å²) in [6, 6.07) is 1.85. The molecule has 0 atom stereocenters. The summed E-state index contributed by atoms with van der Waals surface area (Å²) in [6.07, 6.45) is 5.04. The number of hydrogen-bond acceptors (Lipinski definition) is 5. The first-order valence-corrected chi connectivity index (χ1v) is 5.89. The first-order chi connectivity index (χ1) is 9.17. The van der Waals surface area contributed by atoms with Gasteiger partial charge in [-0.05, 0) is 24.4 Å². The number of allylic oxidation sites excluding steroid dienone is 1.